The number of hydrogen-bond acceptors (Lipinski definition) is 4. The molecule has 6 heteroatoms. The average molecular weight is 419 g/mol. The summed E-state index contributed by atoms with van der Waals surface area (Å²) in [7, 11) is 3.15. The molecule has 0 aromatic heterocycles. The minimum absolute atomic E-state index is 0.252. The zero-order valence-corrected chi connectivity index (χ0v) is 17.2. The van der Waals surface area contributed by atoms with Crippen LogP contribution < -0.4 is 9.47 Å². The highest BCUT2D eigenvalue weighted by atomic mass is 19.1. The van der Waals surface area contributed by atoms with Gasteiger partial charge in [0.15, 0.2) is 5.76 Å². The van der Waals surface area contributed by atoms with Crippen LogP contribution in [0.15, 0.2) is 78.6 Å². The van der Waals surface area contributed by atoms with Gasteiger partial charge in [-0.1, -0.05) is 36.4 Å². The fourth-order valence-corrected chi connectivity index (χ4v) is 3.84. The van der Waals surface area contributed by atoms with Crippen molar-refractivity contribution in [2.75, 3.05) is 14.2 Å². The predicted molar refractivity (Wildman–Crippen MR) is 115 cm³/mol. The van der Waals surface area contributed by atoms with Crippen molar-refractivity contribution in [3.63, 3.8) is 0 Å². The normalized spacial score (nSPS) is 16.0. The van der Waals surface area contributed by atoms with Crippen LogP contribution in [-0.4, -0.2) is 30.1 Å². The van der Waals surface area contributed by atoms with Crippen molar-refractivity contribution >= 4 is 11.5 Å². The molecule has 1 heterocycles. The van der Waals surface area contributed by atoms with Gasteiger partial charge < -0.3 is 19.5 Å². The second-order valence-electron chi connectivity index (χ2n) is 7.23. The number of methoxy groups -OCH3 is 2. The Morgan fingerprint density at radius 2 is 1.61 bits per heavy atom. The van der Waals surface area contributed by atoms with Crippen molar-refractivity contribution in [2.45, 2.75) is 12.6 Å². The summed E-state index contributed by atoms with van der Waals surface area (Å²) in [4.78, 5) is 14.7. The Morgan fingerprint density at radius 1 is 0.935 bits per heavy atom. The molecule has 3 aromatic carbocycles. The largest absolute Gasteiger partial charge is 0.503 e. The number of rotatable bonds is 6. The molecule has 0 aliphatic carbocycles. The van der Waals surface area contributed by atoms with Crippen LogP contribution in [0.4, 0.5) is 4.39 Å². The standard InChI is InChI=1S/C25H22FNO4/c1-30-20-12-8-17(9-13-20)22-23(18-6-10-19(26)11-7-18)27(25(29)24(22)28)15-16-4-3-5-21(14-16)31-2/h3-14,23,28H,15H2,1-2H3. The molecule has 1 aliphatic rings. The van der Waals surface area contributed by atoms with Gasteiger partial charge >= 0.3 is 0 Å². The van der Waals surface area contributed by atoms with E-state index in [0.717, 1.165) is 5.56 Å². The van der Waals surface area contributed by atoms with Gasteiger partial charge in [-0.3, -0.25) is 4.79 Å². The number of halogens is 1. The molecule has 0 radical (unpaired) electrons. The van der Waals surface area contributed by atoms with Gasteiger partial charge in [0.05, 0.1) is 20.3 Å². The Hall–Kier alpha value is -3.80. The third kappa shape index (κ3) is 3.97. The first-order valence-electron chi connectivity index (χ1n) is 9.78. The van der Waals surface area contributed by atoms with Gasteiger partial charge in [0.2, 0.25) is 0 Å². The Balaban J connectivity index is 1.78. The van der Waals surface area contributed by atoms with Crippen molar-refractivity contribution in [2.24, 2.45) is 0 Å². The van der Waals surface area contributed by atoms with E-state index in [-0.39, 0.29) is 18.1 Å². The van der Waals surface area contributed by atoms with Crippen LogP contribution >= 0.6 is 0 Å². The van der Waals surface area contributed by atoms with Crippen LogP contribution in [0, 0.1) is 5.82 Å². The maximum Gasteiger partial charge on any atom is 0.290 e. The fraction of sp³-hybridized carbons (Fsp3) is 0.160. The number of aliphatic hydroxyl groups excluding tert-OH is 1. The minimum atomic E-state index is -0.576. The topological polar surface area (TPSA) is 59.0 Å². The van der Waals surface area contributed by atoms with Gasteiger partial charge in [-0.05, 0) is 53.1 Å². The van der Waals surface area contributed by atoms with Gasteiger partial charge in [0, 0.05) is 12.1 Å². The van der Waals surface area contributed by atoms with Crippen molar-refractivity contribution in [1.29, 1.82) is 0 Å². The number of nitrogens with zero attached hydrogens (tertiary/aromatic N) is 1. The smallest absolute Gasteiger partial charge is 0.290 e. The lowest BCUT2D eigenvalue weighted by Gasteiger charge is -2.27. The lowest BCUT2D eigenvalue weighted by Crippen LogP contribution is -2.29. The van der Waals surface area contributed by atoms with Crippen LogP contribution in [0.5, 0.6) is 11.5 Å². The van der Waals surface area contributed by atoms with E-state index in [2.05, 4.69) is 0 Å². The Bertz CT molecular complexity index is 1120. The summed E-state index contributed by atoms with van der Waals surface area (Å²) in [5, 5.41) is 10.8. The predicted octanol–water partition coefficient (Wildman–Crippen LogP) is 4.90. The number of carbonyl (C=O) groups excluding carboxylic acids is 1. The molecule has 1 aliphatic heterocycles. The van der Waals surface area contributed by atoms with Crippen LogP contribution in [0.25, 0.3) is 5.57 Å². The van der Waals surface area contributed by atoms with E-state index in [4.69, 9.17) is 9.47 Å². The van der Waals surface area contributed by atoms with Gasteiger partial charge in [0.1, 0.15) is 17.3 Å². The highest BCUT2D eigenvalue weighted by molar-refractivity contribution is 6.05. The summed E-state index contributed by atoms with van der Waals surface area (Å²) in [6, 6.07) is 19.9. The lowest BCUT2D eigenvalue weighted by atomic mass is 9.93. The summed E-state index contributed by atoms with van der Waals surface area (Å²) >= 11 is 0. The second kappa shape index (κ2) is 8.52. The number of aliphatic hydroxyl groups is 1. The number of benzene rings is 3. The fourth-order valence-electron chi connectivity index (χ4n) is 3.84. The molecule has 0 bridgehead atoms. The molecule has 158 valence electrons. The van der Waals surface area contributed by atoms with Crippen molar-refractivity contribution < 1.29 is 23.8 Å². The quantitative estimate of drug-likeness (QED) is 0.618. The van der Waals surface area contributed by atoms with Crippen LogP contribution in [0.2, 0.25) is 0 Å². The number of carbonyl (C=O) groups is 1. The van der Waals surface area contributed by atoms with Gasteiger partial charge in [-0.25, -0.2) is 4.39 Å². The number of ether oxygens (including phenoxy) is 2. The second-order valence-corrected chi connectivity index (χ2v) is 7.23. The molecule has 1 amide bonds. The molecule has 1 N–H and O–H groups in total. The summed E-state index contributed by atoms with van der Waals surface area (Å²) in [5.74, 6) is 0.173. The van der Waals surface area contributed by atoms with E-state index in [1.165, 1.54) is 12.1 Å². The average Bonchev–Trinajstić information content (AvgIpc) is 3.05. The molecular weight excluding hydrogens is 397 g/mol. The highest BCUT2D eigenvalue weighted by Gasteiger charge is 2.41. The summed E-state index contributed by atoms with van der Waals surface area (Å²) in [6.07, 6.45) is 0. The van der Waals surface area contributed by atoms with Crippen molar-refractivity contribution in [3.8, 4) is 11.5 Å². The van der Waals surface area contributed by atoms with E-state index in [9.17, 15) is 14.3 Å². The van der Waals surface area contributed by atoms with Crippen molar-refractivity contribution in [3.05, 3.63) is 101 Å². The zero-order valence-electron chi connectivity index (χ0n) is 17.2. The molecule has 1 atom stereocenters. The SMILES string of the molecule is COc1ccc(C2=C(O)C(=O)N(Cc3cccc(OC)c3)C2c2ccc(F)cc2)cc1. The monoisotopic (exact) mass is 419 g/mol. The molecule has 31 heavy (non-hydrogen) atoms. The molecule has 0 fully saturated rings. The van der Waals surface area contributed by atoms with E-state index in [0.29, 0.717) is 28.2 Å². The summed E-state index contributed by atoms with van der Waals surface area (Å²) in [6.45, 7) is 0.252. The zero-order chi connectivity index (χ0) is 22.0. The lowest BCUT2D eigenvalue weighted by molar-refractivity contribution is -0.130. The molecular formula is C25H22FNO4. The maximum absolute atomic E-state index is 13.6. The molecule has 0 saturated carbocycles. The summed E-state index contributed by atoms with van der Waals surface area (Å²) in [5.41, 5.74) is 2.72. The first kappa shape index (κ1) is 20.5. The van der Waals surface area contributed by atoms with E-state index in [1.807, 2.05) is 24.3 Å². The van der Waals surface area contributed by atoms with E-state index in [1.54, 1.807) is 55.5 Å². The first-order valence-corrected chi connectivity index (χ1v) is 9.78. The van der Waals surface area contributed by atoms with E-state index >= 15 is 0 Å². The Kier molecular flexibility index (Phi) is 5.62. The number of hydrogen-bond donors (Lipinski definition) is 1. The molecule has 0 spiro atoms. The van der Waals surface area contributed by atoms with E-state index < -0.39 is 11.9 Å². The highest BCUT2D eigenvalue weighted by Crippen LogP contribution is 2.44. The molecule has 4 rings (SSSR count). The molecule has 1 unspecified atom stereocenters. The Morgan fingerprint density at radius 3 is 2.26 bits per heavy atom. The third-order valence-electron chi connectivity index (χ3n) is 5.38. The van der Waals surface area contributed by atoms with Crippen LogP contribution in [0.3, 0.4) is 0 Å². The van der Waals surface area contributed by atoms with Gasteiger partial charge in [-0.2, -0.15) is 0 Å². The molecule has 5 nitrogen and oxygen atoms in total. The third-order valence-corrected chi connectivity index (χ3v) is 5.38. The first-order chi connectivity index (χ1) is 15.0. The Labute approximate surface area is 180 Å². The maximum atomic E-state index is 13.6. The number of amides is 1. The van der Waals surface area contributed by atoms with Gasteiger partial charge in [-0.15, -0.1) is 0 Å². The minimum Gasteiger partial charge on any atom is -0.503 e. The van der Waals surface area contributed by atoms with Crippen molar-refractivity contribution in [1.82, 2.24) is 4.90 Å². The van der Waals surface area contributed by atoms with Crippen LogP contribution in [0.1, 0.15) is 22.7 Å². The summed E-state index contributed by atoms with van der Waals surface area (Å²) < 4.78 is 24.1. The van der Waals surface area contributed by atoms with Gasteiger partial charge in [0.25, 0.3) is 5.91 Å². The molecule has 3 aromatic rings. The van der Waals surface area contributed by atoms with Crippen LogP contribution in [-0.2, 0) is 11.3 Å². The molecule has 0 saturated heterocycles.